The molecule has 0 saturated heterocycles. The first-order valence-corrected chi connectivity index (χ1v) is 6.45. The second-order valence-electron chi connectivity index (χ2n) is 4.91. The molecule has 0 atom stereocenters. The van der Waals surface area contributed by atoms with Crippen molar-refractivity contribution in [2.24, 2.45) is 5.73 Å². The lowest BCUT2D eigenvalue weighted by Crippen LogP contribution is -2.12. The van der Waals surface area contributed by atoms with Crippen LogP contribution >= 0.6 is 0 Å². The lowest BCUT2D eigenvalue weighted by Gasteiger charge is -2.15. The highest BCUT2D eigenvalue weighted by atomic mass is 16.5. The van der Waals surface area contributed by atoms with E-state index in [-0.39, 0.29) is 5.56 Å². The van der Waals surface area contributed by atoms with Crippen molar-refractivity contribution in [3.63, 3.8) is 0 Å². The number of hydrogen-bond acceptors (Lipinski definition) is 3. The van der Waals surface area contributed by atoms with Crippen LogP contribution in [0, 0.1) is 0 Å². The molecular weight excluding hydrogens is 252 g/mol. The lowest BCUT2D eigenvalue weighted by atomic mass is 10.0. The number of carbonyl (C=O) groups is 1. The highest BCUT2D eigenvalue weighted by molar-refractivity contribution is 5.96. The Morgan fingerprint density at radius 3 is 2.45 bits per heavy atom. The van der Waals surface area contributed by atoms with Crippen LogP contribution in [0.1, 0.15) is 35.7 Å². The minimum atomic E-state index is -0.561. The fraction of sp³-hybridized carbons (Fsp3) is 0.188. The van der Waals surface area contributed by atoms with Crippen LogP contribution in [0.4, 0.5) is 5.69 Å². The van der Waals surface area contributed by atoms with E-state index in [1.165, 1.54) is 6.07 Å². The number of ether oxygens (including phenoxy) is 1. The van der Waals surface area contributed by atoms with Crippen molar-refractivity contribution < 1.29 is 9.53 Å². The van der Waals surface area contributed by atoms with Crippen LogP contribution in [-0.4, -0.2) is 5.91 Å². The van der Waals surface area contributed by atoms with E-state index in [1.807, 2.05) is 24.3 Å². The van der Waals surface area contributed by atoms with Crippen molar-refractivity contribution in [2.45, 2.75) is 19.8 Å². The van der Waals surface area contributed by atoms with Crippen LogP contribution in [0.2, 0.25) is 0 Å². The zero-order valence-corrected chi connectivity index (χ0v) is 11.6. The highest BCUT2D eigenvalue weighted by Gasteiger charge is 2.13. The molecule has 2 rings (SSSR count). The Bertz CT molecular complexity index is 636. The molecule has 20 heavy (non-hydrogen) atoms. The quantitative estimate of drug-likeness (QED) is 0.837. The van der Waals surface area contributed by atoms with Crippen LogP contribution in [-0.2, 0) is 0 Å². The summed E-state index contributed by atoms with van der Waals surface area (Å²) < 4.78 is 5.86. The van der Waals surface area contributed by atoms with Crippen molar-refractivity contribution >= 4 is 11.6 Å². The van der Waals surface area contributed by atoms with Gasteiger partial charge in [0.15, 0.2) is 0 Å². The Kier molecular flexibility index (Phi) is 3.94. The fourth-order valence-electron chi connectivity index (χ4n) is 2.00. The molecule has 4 N–H and O–H groups in total. The zero-order chi connectivity index (χ0) is 14.7. The second kappa shape index (κ2) is 5.65. The van der Waals surface area contributed by atoms with E-state index < -0.39 is 5.91 Å². The van der Waals surface area contributed by atoms with Crippen molar-refractivity contribution in [1.29, 1.82) is 0 Å². The molecule has 4 nitrogen and oxygen atoms in total. The van der Waals surface area contributed by atoms with Gasteiger partial charge in [-0.3, -0.25) is 4.79 Å². The minimum Gasteiger partial charge on any atom is -0.456 e. The van der Waals surface area contributed by atoms with Crippen molar-refractivity contribution in [1.82, 2.24) is 0 Å². The van der Waals surface area contributed by atoms with E-state index in [2.05, 4.69) is 13.8 Å². The SMILES string of the molecule is CC(C)c1ccccc1Oc1ccc(N)cc1C(N)=O. The highest BCUT2D eigenvalue weighted by Crippen LogP contribution is 2.32. The van der Waals surface area contributed by atoms with Crippen LogP contribution in [0.25, 0.3) is 0 Å². The normalized spacial score (nSPS) is 10.6. The topological polar surface area (TPSA) is 78.3 Å². The summed E-state index contributed by atoms with van der Waals surface area (Å²) in [6, 6.07) is 12.6. The van der Waals surface area contributed by atoms with Gasteiger partial charge in [-0.2, -0.15) is 0 Å². The molecule has 104 valence electrons. The molecule has 0 aliphatic heterocycles. The number of anilines is 1. The van der Waals surface area contributed by atoms with Crippen molar-refractivity contribution in [3.8, 4) is 11.5 Å². The molecule has 0 fully saturated rings. The number of amides is 1. The zero-order valence-electron chi connectivity index (χ0n) is 11.6. The lowest BCUT2D eigenvalue weighted by molar-refractivity contribution is 0.0998. The number of nitrogens with two attached hydrogens (primary N) is 2. The Hall–Kier alpha value is -2.49. The number of carbonyl (C=O) groups excluding carboxylic acids is 1. The number of hydrogen-bond donors (Lipinski definition) is 2. The van der Waals surface area contributed by atoms with Gasteiger partial charge in [0.25, 0.3) is 5.91 Å². The largest absolute Gasteiger partial charge is 0.456 e. The number of para-hydroxylation sites is 1. The minimum absolute atomic E-state index is 0.281. The van der Waals surface area contributed by atoms with E-state index in [9.17, 15) is 4.79 Å². The monoisotopic (exact) mass is 270 g/mol. The summed E-state index contributed by atoms with van der Waals surface area (Å²) in [5.74, 6) is 0.890. The predicted molar refractivity (Wildman–Crippen MR) is 80.0 cm³/mol. The molecule has 0 bridgehead atoms. The van der Waals surface area contributed by atoms with Gasteiger partial charge in [0, 0.05) is 5.69 Å². The average molecular weight is 270 g/mol. The molecule has 0 heterocycles. The molecule has 0 unspecified atom stereocenters. The third-order valence-electron chi connectivity index (χ3n) is 3.03. The first-order valence-electron chi connectivity index (χ1n) is 6.45. The van der Waals surface area contributed by atoms with Gasteiger partial charge in [-0.25, -0.2) is 0 Å². The van der Waals surface area contributed by atoms with Gasteiger partial charge < -0.3 is 16.2 Å². The van der Waals surface area contributed by atoms with Crippen LogP contribution in [0.5, 0.6) is 11.5 Å². The summed E-state index contributed by atoms with van der Waals surface area (Å²) in [7, 11) is 0. The molecule has 0 radical (unpaired) electrons. The molecule has 0 spiro atoms. The van der Waals surface area contributed by atoms with Crippen LogP contribution in [0.15, 0.2) is 42.5 Å². The first kappa shape index (κ1) is 13.9. The molecule has 0 aliphatic rings. The summed E-state index contributed by atoms with van der Waals surface area (Å²) in [5.41, 5.74) is 12.9. The Balaban J connectivity index is 2.43. The molecule has 4 heteroatoms. The van der Waals surface area contributed by atoms with E-state index in [4.69, 9.17) is 16.2 Å². The summed E-state index contributed by atoms with van der Waals surface area (Å²) in [6.45, 7) is 4.17. The molecule has 2 aromatic carbocycles. The van der Waals surface area contributed by atoms with E-state index in [1.54, 1.807) is 12.1 Å². The third kappa shape index (κ3) is 2.91. The summed E-state index contributed by atoms with van der Waals surface area (Å²) in [4.78, 5) is 11.5. The molecule has 0 aliphatic carbocycles. The van der Waals surface area contributed by atoms with Gasteiger partial charge in [0.05, 0.1) is 5.56 Å². The van der Waals surface area contributed by atoms with Gasteiger partial charge in [-0.05, 0) is 35.7 Å². The van der Waals surface area contributed by atoms with E-state index >= 15 is 0 Å². The van der Waals surface area contributed by atoms with Gasteiger partial charge in [-0.1, -0.05) is 32.0 Å². The Morgan fingerprint density at radius 1 is 1.10 bits per heavy atom. The standard InChI is InChI=1S/C16H18N2O2/c1-10(2)12-5-3-4-6-14(12)20-15-8-7-11(17)9-13(15)16(18)19/h3-10H,17H2,1-2H3,(H2,18,19). The number of primary amides is 1. The number of benzene rings is 2. The first-order chi connectivity index (χ1) is 9.49. The summed E-state index contributed by atoms with van der Waals surface area (Å²) >= 11 is 0. The maximum Gasteiger partial charge on any atom is 0.252 e. The summed E-state index contributed by atoms with van der Waals surface area (Å²) in [5, 5.41) is 0. The van der Waals surface area contributed by atoms with Crippen molar-refractivity contribution in [2.75, 3.05) is 5.73 Å². The number of rotatable bonds is 4. The van der Waals surface area contributed by atoms with E-state index in [0.29, 0.717) is 17.4 Å². The Labute approximate surface area is 118 Å². The van der Waals surface area contributed by atoms with Crippen molar-refractivity contribution in [3.05, 3.63) is 53.6 Å². The molecule has 1 amide bonds. The predicted octanol–water partition coefficient (Wildman–Crippen LogP) is 3.28. The maximum atomic E-state index is 11.5. The maximum absolute atomic E-state index is 11.5. The van der Waals surface area contributed by atoms with Crippen LogP contribution < -0.4 is 16.2 Å². The van der Waals surface area contributed by atoms with Gasteiger partial charge in [-0.15, -0.1) is 0 Å². The third-order valence-corrected chi connectivity index (χ3v) is 3.03. The van der Waals surface area contributed by atoms with Gasteiger partial charge >= 0.3 is 0 Å². The fourth-order valence-corrected chi connectivity index (χ4v) is 2.00. The van der Waals surface area contributed by atoms with Crippen LogP contribution in [0.3, 0.4) is 0 Å². The smallest absolute Gasteiger partial charge is 0.252 e. The van der Waals surface area contributed by atoms with E-state index in [0.717, 1.165) is 11.3 Å². The molecule has 0 aromatic heterocycles. The second-order valence-corrected chi connectivity index (χ2v) is 4.91. The van der Waals surface area contributed by atoms with Gasteiger partial charge in [0.2, 0.25) is 0 Å². The Morgan fingerprint density at radius 2 is 1.80 bits per heavy atom. The molecular formula is C16H18N2O2. The molecule has 2 aromatic rings. The molecule has 0 saturated carbocycles. The average Bonchev–Trinajstić information content (AvgIpc) is 2.41. The number of nitrogen functional groups attached to an aromatic ring is 1. The summed E-state index contributed by atoms with van der Waals surface area (Å²) in [6.07, 6.45) is 0. The van der Waals surface area contributed by atoms with Gasteiger partial charge in [0.1, 0.15) is 11.5 Å².